The monoisotopic (exact) mass is 258 g/mol. The molecule has 1 fully saturated rings. The first kappa shape index (κ1) is 13.1. The molecular weight excluding hydrogens is 232 g/mol. The quantitative estimate of drug-likeness (QED) is 0.871. The number of benzene rings is 1. The summed E-state index contributed by atoms with van der Waals surface area (Å²) >= 11 is 0. The summed E-state index contributed by atoms with van der Waals surface area (Å²) in [7, 11) is 0. The molecule has 19 heavy (non-hydrogen) atoms. The van der Waals surface area contributed by atoms with Crippen LogP contribution in [0.25, 0.3) is 0 Å². The zero-order valence-electron chi connectivity index (χ0n) is 12.3. The Kier molecular flexibility index (Phi) is 3.64. The third-order valence-electron chi connectivity index (χ3n) is 4.59. The maximum absolute atomic E-state index is 3.70. The molecule has 1 aromatic carbocycles. The van der Waals surface area contributed by atoms with Gasteiger partial charge in [-0.25, -0.2) is 0 Å². The van der Waals surface area contributed by atoms with E-state index in [0.29, 0.717) is 11.6 Å². The highest BCUT2D eigenvalue weighted by atomic mass is 15.1. The van der Waals surface area contributed by atoms with Gasteiger partial charge in [0.25, 0.3) is 0 Å². The molecule has 1 aliphatic carbocycles. The van der Waals surface area contributed by atoms with Crippen molar-refractivity contribution >= 4 is 0 Å². The molecule has 0 amide bonds. The second-order valence-corrected chi connectivity index (χ2v) is 6.86. The molecule has 1 aromatic rings. The Morgan fingerprint density at radius 1 is 1.21 bits per heavy atom. The van der Waals surface area contributed by atoms with Gasteiger partial charge in [-0.3, -0.25) is 0 Å². The van der Waals surface area contributed by atoms with E-state index in [1.54, 1.807) is 11.1 Å². The van der Waals surface area contributed by atoms with Gasteiger partial charge in [-0.15, -0.1) is 0 Å². The predicted molar refractivity (Wildman–Crippen MR) is 80.4 cm³/mol. The van der Waals surface area contributed by atoms with Crippen LogP contribution in [0.4, 0.5) is 0 Å². The summed E-state index contributed by atoms with van der Waals surface area (Å²) < 4.78 is 0. The van der Waals surface area contributed by atoms with Crippen LogP contribution in [0.3, 0.4) is 0 Å². The van der Waals surface area contributed by atoms with Crippen LogP contribution in [-0.4, -0.2) is 18.1 Å². The van der Waals surface area contributed by atoms with Crippen molar-refractivity contribution in [2.75, 3.05) is 6.54 Å². The number of nitrogens with one attached hydrogen (secondary N) is 2. The summed E-state index contributed by atoms with van der Waals surface area (Å²) in [5, 5.41) is 7.27. The van der Waals surface area contributed by atoms with Crippen LogP contribution in [0.15, 0.2) is 18.2 Å². The Morgan fingerprint density at radius 3 is 2.74 bits per heavy atom. The zero-order chi connectivity index (χ0) is 13.3. The summed E-state index contributed by atoms with van der Waals surface area (Å²) in [4.78, 5) is 0. The van der Waals surface area contributed by atoms with Crippen molar-refractivity contribution in [2.45, 2.75) is 64.1 Å². The number of hydrogen-bond donors (Lipinski definition) is 2. The van der Waals surface area contributed by atoms with Gasteiger partial charge in [0.15, 0.2) is 0 Å². The van der Waals surface area contributed by atoms with Crippen molar-refractivity contribution in [1.82, 2.24) is 10.6 Å². The molecule has 3 rings (SSSR count). The van der Waals surface area contributed by atoms with E-state index in [2.05, 4.69) is 42.7 Å². The lowest BCUT2D eigenvalue weighted by atomic mass is 9.90. The van der Waals surface area contributed by atoms with Crippen molar-refractivity contribution < 1.29 is 0 Å². The first-order valence-corrected chi connectivity index (χ1v) is 7.71. The first-order valence-electron chi connectivity index (χ1n) is 7.71. The minimum atomic E-state index is 0.299. The molecule has 1 atom stereocenters. The molecule has 1 aliphatic heterocycles. The summed E-state index contributed by atoms with van der Waals surface area (Å²) in [6.07, 6.45) is 6.51. The fourth-order valence-electron chi connectivity index (χ4n) is 3.46. The highest BCUT2D eigenvalue weighted by Gasteiger charge is 2.29. The molecule has 1 saturated heterocycles. The molecule has 1 unspecified atom stereocenters. The van der Waals surface area contributed by atoms with E-state index in [4.69, 9.17) is 0 Å². The fourth-order valence-corrected chi connectivity index (χ4v) is 3.46. The van der Waals surface area contributed by atoms with E-state index in [9.17, 15) is 0 Å². The van der Waals surface area contributed by atoms with Crippen LogP contribution in [0.1, 0.15) is 49.8 Å². The normalized spacial score (nSPS) is 25.3. The second kappa shape index (κ2) is 5.26. The molecule has 0 bridgehead atoms. The Bertz CT molecular complexity index is 451. The third kappa shape index (κ3) is 3.18. The van der Waals surface area contributed by atoms with Gasteiger partial charge >= 0.3 is 0 Å². The molecule has 0 saturated carbocycles. The van der Waals surface area contributed by atoms with Crippen LogP contribution in [0.2, 0.25) is 0 Å². The zero-order valence-corrected chi connectivity index (χ0v) is 12.3. The Balaban J connectivity index is 1.58. The number of aryl methyl sites for hydroxylation is 2. The Morgan fingerprint density at radius 2 is 2.00 bits per heavy atom. The third-order valence-corrected chi connectivity index (χ3v) is 4.59. The van der Waals surface area contributed by atoms with Gasteiger partial charge in [-0.1, -0.05) is 18.2 Å². The minimum Gasteiger partial charge on any atom is -0.310 e. The van der Waals surface area contributed by atoms with Crippen LogP contribution in [0.5, 0.6) is 0 Å². The highest BCUT2D eigenvalue weighted by Crippen LogP contribution is 2.23. The van der Waals surface area contributed by atoms with E-state index < -0.39 is 0 Å². The summed E-state index contributed by atoms with van der Waals surface area (Å²) in [6, 6.07) is 7.70. The van der Waals surface area contributed by atoms with Crippen LogP contribution < -0.4 is 10.6 Å². The fraction of sp³-hybridized carbons (Fsp3) is 0.647. The maximum Gasteiger partial charge on any atom is 0.0213 e. The molecule has 104 valence electrons. The summed E-state index contributed by atoms with van der Waals surface area (Å²) in [5.41, 5.74) is 4.92. The second-order valence-electron chi connectivity index (χ2n) is 6.86. The number of hydrogen-bond acceptors (Lipinski definition) is 2. The number of fused-ring (bicyclic) bond motifs is 1. The lowest BCUT2D eigenvalue weighted by Gasteiger charge is -2.19. The van der Waals surface area contributed by atoms with E-state index in [1.807, 2.05) is 0 Å². The lowest BCUT2D eigenvalue weighted by Crippen LogP contribution is -2.31. The van der Waals surface area contributed by atoms with E-state index in [-0.39, 0.29) is 0 Å². The van der Waals surface area contributed by atoms with Crippen molar-refractivity contribution in [2.24, 2.45) is 0 Å². The van der Waals surface area contributed by atoms with Gasteiger partial charge < -0.3 is 10.6 Å². The molecule has 1 heterocycles. The molecule has 0 aromatic heterocycles. The number of rotatable bonds is 3. The van der Waals surface area contributed by atoms with Crippen molar-refractivity contribution in [1.29, 1.82) is 0 Å². The van der Waals surface area contributed by atoms with Gasteiger partial charge in [0.05, 0.1) is 0 Å². The molecular formula is C17H26N2. The van der Waals surface area contributed by atoms with Crippen LogP contribution in [0, 0.1) is 0 Å². The lowest BCUT2D eigenvalue weighted by molar-refractivity contribution is 0.442. The summed E-state index contributed by atoms with van der Waals surface area (Å²) in [5.74, 6) is 0. The van der Waals surface area contributed by atoms with Gasteiger partial charge in [0.1, 0.15) is 0 Å². The topological polar surface area (TPSA) is 24.1 Å². The van der Waals surface area contributed by atoms with Crippen molar-refractivity contribution in [3.05, 3.63) is 34.9 Å². The Hall–Kier alpha value is -0.860. The predicted octanol–water partition coefficient (Wildman–Crippen LogP) is 2.80. The van der Waals surface area contributed by atoms with E-state index >= 15 is 0 Å². The highest BCUT2D eigenvalue weighted by molar-refractivity contribution is 5.33. The molecule has 0 spiro atoms. The largest absolute Gasteiger partial charge is 0.310 e. The average molecular weight is 258 g/mol. The van der Waals surface area contributed by atoms with Gasteiger partial charge in [0, 0.05) is 24.7 Å². The van der Waals surface area contributed by atoms with Crippen molar-refractivity contribution in [3.8, 4) is 0 Å². The Labute approximate surface area is 117 Å². The summed E-state index contributed by atoms with van der Waals surface area (Å²) in [6.45, 7) is 6.68. The van der Waals surface area contributed by atoms with Crippen LogP contribution in [-0.2, 0) is 19.4 Å². The molecule has 2 N–H and O–H groups in total. The average Bonchev–Trinajstić information content (AvgIpc) is 2.76. The smallest absolute Gasteiger partial charge is 0.0213 e. The molecule has 2 heteroatoms. The van der Waals surface area contributed by atoms with E-state index in [0.717, 1.165) is 13.1 Å². The van der Waals surface area contributed by atoms with Gasteiger partial charge in [-0.2, -0.15) is 0 Å². The minimum absolute atomic E-state index is 0.299. The maximum atomic E-state index is 3.70. The standard InChI is InChI=1S/C17H26N2/c1-17(2)10-16(12-19-17)18-11-13-7-8-14-5-3-4-6-15(14)9-13/h7-9,16,18-19H,3-6,10-12H2,1-2H3. The molecule has 2 aliphatic rings. The van der Waals surface area contributed by atoms with Gasteiger partial charge in [-0.05, 0) is 62.6 Å². The SMILES string of the molecule is CC1(C)CC(NCc2ccc3c(c2)CCCC3)CN1. The van der Waals surface area contributed by atoms with Crippen LogP contribution >= 0.6 is 0 Å². The molecule has 2 nitrogen and oxygen atoms in total. The first-order chi connectivity index (χ1) is 9.12. The van der Waals surface area contributed by atoms with Gasteiger partial charge in [0.2, 0.25) is 0 Å². The van der Waals surface area contributed by atoms with E-state index in [1.165, 1.54) is 37.7 Å². The molecule has 0 radical (unpaired) electrons. The van der Waals surface area contributed by atoms with Crippen molar-refractivity contribution in [3.63, 3.8) is 0 Å².